The first-order valence-electron chi connectivity index (χ1n) is 9.25. The first-order chi connectivity index (χ1) is 14.6. The summed E-state index contributed by atoms with van der Waals surface area (Å²) in [5.74, 6) is -0.538. The Balaban J connectivity index is 1.44. The van der Waals surface area contributed by atoms with Crippen LogP contribution in [0.5, 0.6) is 0 Å². The number of rotatable bonds is 6. The number of benzene rings is 1. The molecule has 0 saturated carbocycles. The van der Waals surface area contributed by atoms with Gasteiger partial charge in [0.2, 0.25) is 5.91 Å². The van der Waals surface area contributed by atoms with E-state index in [2.05, 4.69) is 10.3 Å². The van der Waals surface area contributed by atoms with Gasteiger partial charge in [-0.15, -0.1) is 11.3 Å². The van der Waals surface area contributed by atoms with Gasteiger partial charge in [0.05, 0.1) is 11.9 Å². The summed E-state index contributed by atoms with van der Waals surface area (Å²) < 4.78 is 16.3. The highest BCUT2D eigenvalue weighted by molar-refractivity contribution is 7.50. The van der Waals surface area contributed by atoms with Gasteiger partial charge in [0.15, 0.2) is 5.13 Å². The Morgan fingerprint density at radius 2 is 1.87 bits per heavy atom. The summed E-state index contributed by atoms with van der Waals surface area (Å²) in [4.78, 5) is 48.3. The second-order valence-electron chi connectivity index (χ2n) is 7.05. The van der Waals surface area contributed by atoms with Crippen molar-refractivity contribution in [3.05, 3.63) is 44.9 Å². The smallest absolute Gasteiger partial charge is 0.410 e. The molecule has 1 saturated heterocycles. The number of aromatic nitrogens is 1. The third-order valence-corrected chi connectivity index (χ3v) is 6.54. The molecule has 1 aromatic carbocycles. The van der Waals surface area contributed by atoms with Crippen molar-refractivity contribution in [2.24, 2.45) is 5.92 Å². The van der Waals surface area contributed by atoms with Crippen LogP contribution in [0.15, 0.2) is 23.6 Å². The minimum absolute atomic E-state index is 0.0422. The summed E-state index contributed by atoms with van der Waals surface area (Å²) >= 11 is 13.0. The van der Waals surface area contributed by atoms with Gasteiger partial charge >= 0.3 is 13.7 Å². The monoisotopic (exact) mass is 507 g/mol. The number of hydrogen-bond acceptors (Lipinski definition) is 6. The molecule has 0 aliphatic carbocycles. The van der Waals surface area contributed by atoms with Crippen LogP contribution in [-0.2, 0) is 26.9 Å². The Hall–Kier alpha value is -1.68. The molecule has 2 aromatic rings. The fourth-order valence-electron chi connectivity index (χ4n) is 3.11. The third kappa shape index (κ3) is 7.45. The van der Waals surface area contributed by atoms with Gasteiger partial charge in [-0.25, -0.2) is 9.78 Å². The molecule has 0 radical (unpaired) electrons. The molecule has 168 valence electrons. The van der Waals surface area contributed by atoms with Crippen LogP contribution in [0, 0.1) is 5.92 Å². The van der Waals surface area contributed by atoms with Crippen LogP contribution < -0.4 is 5.32 Å². The number of anilines is 1. The van der Waals surface area contributed by atoms with Crippen LogP contribution >= 0.6 is 42.1 Å². The molecular weight excluding hydrogens is 488 g/mol. The van der Waals surface area contributed by atoms with Crippen LogP contribution in [-0.4, -0.2) is 44.8 Å². The second-order valence-corrected chi connectivity index (χ2v) is 10.4. The fourth-order valence-corrected chi connectivity index (χ4v) is 5.10. The summed E-state index contributed by atoms with van der Waals surface area (Å²) in [5.41, 5.74) is 0.911. The summed E-state index contributed by atoms with van der Waals surface area (Å²) in [6.07, 6.45) is -0.0201. The van der Waals surface area contributed by atoms with Gasteiger partial charge in [0, 0.05) is 34.4 Å². The van der Waals surface area contributed by atoms with Crippen molar-refractivity contribution < 1.29 is 28.7 Å². The van der Waals surface area contributed by atoms with Crippen LogP contribution in [0.1, 0.15) is 24.1 Å². The summed E-state index contributed by atoms with van der Waals surface area (Å²) in [6.45, 7) is 0.781. The van der Waals surface area contributed by atoms with Gasteiger partial charge in [-0.05, 0) is 36.6 Å². The lowest BCUT2D eigenvalue weighted by Gasteiger charge is -2.30. The highest BCUT2D eigenvalue weighted by Crippen LogP contribution is 2.39. The molecule has 1 fully saturated rings. The molecule has 0 atom stereocenters. The number of nitrogens with one attached hydrogen (secondary N) is 1. The van der Waals surface area contributed by atoms with E-state index in [0.717, 1.165) is 11.3 Å². The summed E-state index contributed by atoms with van der Waals surface area (Å²) in [5, 5.41) is 5.38. The lowest BCUT2D eigenvalue weighted by molar-refractivity contribution is -0.121. The minimum atomic E-state index is -4.21. The van der Waals surface area contributed by atoms with Crippen LogP contribution in [0.2, 0.25) is 10.0 Å². The Morgan fingerprint density at radius 3 is 2.48 bits per heavy atom. The number of likely N-dealkylation sites (tertiary alicyclic amines) is 1. The number of ether oxygens (including phenoxy) is 1. The molecule has 3 N–H and O–H groups in total. The predicted molar refractivity (Wildman–Crippen MR) is 117 cm³/mol. The third-order valence-electron chi connectivity index (χ3n) is 4.56. The van der Waals surface area contributed by atoms with Crippen molar-refractivity contribution >= 4 is 59.3 Å². The number of hydrogen-bond donors (Lipinski definition) is 3. The van der Waals surface area contributed by atoms with E-state index in [1.54, 1.807) is 18.2 Å². The molecular formula is C18H20Cl2N3O6PS. The molecule has 0 bridgehead atoms. The first kappa shape index (κ1) is 24.0. The maximum atomic E-state index is 12.5. The average Bonchev–Trinajstić information content (AvgIpc) is 3.10. The SMILES string of the molecule is O=C(Nc1nc(CP(=O)(O)O)cs1)C1CCN(C(=O)OCc2cc(Cl)cc(Cl)c2)CC1. The van der Waals surface area contributed by atoms with Crippen molar-refractivity contribution in [2.45, 2.75) is 25.6 Å². The molecule has 1 aliphatic heterocycles. The Morgan fingerprint density at radius 1 is 1.23 bits per heavy atom. The number of halogens is 2. The molecule has 3 rings (SSSR count). The van der Waals surface area contributed by atoms with Crippen LogP contribution in [0.25, 0.3) is 0 Å². The molecule has 0 unspecified atom stereocenters. The highest BCUT2D eigenvalue weighted by atomic mass is 35.5. The largest absolute Gasteiger partial charge is 0.445 e. The normalized spacial score (nSPS) is 15.0. The molecule has 0 spiro atoms. The van der Waals surface area contributed by atoms with Gasteiger partial charge in [0.25, 0.3) is 0 Å². The zero-order valence-electron chi connectivity index (χ0n) is 16.2. The van der Waals surface area contributed by atoms with Crippen LogP contribution in [0.3, 0.4) is 0 Å². The number of piperidine rings is 1. The van der Waals surface area contributed by atoms with E-state index in [9.17, 15) is 14.2 Å². The Kier molecular flexibility index (Phi) is 7.96. The van der Waals surface area contributed by atoms with Crippen LogP contribution in [0.4, 0.5) is 9.93 Å². The molecule has 2 heterocycles. The second kappa shape index (κ2) is 10.3. The van der Waals surface area contributed by atoms with Crippen molar-refractivity contribution in [1.29, 1.82) is 0 Å². The predicted octanol–water partition coefficient (Wildman–Crippen LogP) is 4.11. The summed E-state index contributed by atoms with van der Waals surface area (Å²) in [7, 11) is -4.21. The van der Waals surface area contributed by atoms with E-state index in [1.165, 1.54) is 10.3 Å². The van der Waals surface area contributed by atoms with Gasteiger partial charge in [-0.1, -0.05) is 23.2 Å². The van der Waals surface area contributed by atoms with E-state index in [4.69, 9.17) is 37.7 Å². The quantitative estimate of drug-likeness (QED) is 0.501. The first-order valence-corrected chi connectivity index (χ1v) is 12.7. The maximum absolute atomic E-state index is 12.5. The lowest BCUT2D eigenvalue weighted by Crippen LogP contribution is -2.41. The molecule has 31 heavy (non-hydrogen) atoms. The molecule has 9 nitrogen and oxygen atoms in total. The van der Waals surface area contributed by atoms with Gasteiger partial charge in [0.1, 0.15) is 6.61 Å². The van der Waals surface area contributed by atoms with Crippen molar-refractivity contribution in [3.8, 4) is 0 Å². The molecule has 1 aromatic heterocycles. The standard InChI is InChI=1S/C18H20Cl2N3O6PS/c19-13-5-11(6-14(20)7-13)8-29-18(25)23-3-1-12(2-4-23)16(24)22-17-21-15(10-31-17)9-30(26,27)28/h5-7,10,12H,1-4,8-9H2,(H,21,22,24)(H2,26,27,28). The van der Waals surface area contributed by atoms with Gasteiger partial charge in [-0.3, -0.25) is 9.36 Å². The average molecular weight is 508 g/mol. The molecule has 13 heteroatoms. The van der Waals surface area contributed by atoms with E-state index < -0.39 is 19.9 Å². The highest BCUT2D eigenvalue weighted by Gasteiger charge is 2.28. The zero-order chi connectivity index (χ0) is 22.6. The summed E-state index contributed by atoms with van der Waals surface area (Å²) in [6, 6.07) is 4.93. The maximum Gasteiger partial charge on any atom is 0.410 e. The van der Waals surface area contributed by atoms with Gasteiger partial charge < -0.3 is 24.7 Å². The number of carbonyl (C=O) groups excluding carboxylic acids is 2. The van der Waals surface area contributed by atoms with E-state index in [1.807, 2.05) is 0 Å². The fraction of sp³-hybridized carbons (Fsp3) is 0.389. The zero-order valence-corrected chi connectivity index (χ0v) is 19.4. The van der Waals surface area contributed by atoms with E-state index in [0.29, 0.717) is 41.5 Å². The number of thiazole rings is 1. The topological polar surface area (TPSA) is 129 Å². The minimum Gasteiger partial charge on any atom is -0.445 e. The van der Waals surface area contributed by atoms with E-state index in [-0.39, 0.29) is 29.3 Å². The lowest BCUT2D eigenvalue weighted by atomic mass is 9.96. The van der Waals surface area contributed by atoms with Gasteiger partial charge in [-0.2, -0.15) is 0 Å². The number of carbonyl (C=O) groups is 2. The Bertz CT molecular complexity index is 986. The number of nitrogens with zero attached hydrogens (tertiary/aromatic N) is 2. The van der Waals surface area contributed by atoms with Crippen molar-refractivity contribution in [3.63, 3.8) is 0 Å². The van der Waals surface area contributed by atoms with E-state index >= 15 is 0 Å². The van der Waals surface area contributed by atoms with Crippen molar-refractivity contribution in [1.82, 2.24) is 9.88 Å². The number of amides is 2. The van der Waals surface area contributed by atoms with Crippen molar-refractivity contribution in [2.75, 3.05) is 18.4 Å². The Labute approximate surface area is 192 Å². The molecule has 2 amide bonds. The molecule has 1 aliphatic rings.